The average molecular weight is 214 g/mol. The van der Waals surface area contributed by atoms with Gasteiger partial charge in [-0.25, -0.2) is 4.79 Å². The molecule has 1 aliphatic rings. The first-order valence-electron chi connectivity index (χ1n) is 5.11. The molecule has 3 unspecified atom stereocenters. The van der Waals surface area contributed by atoms with Gasteiger partial charge in [0.1, 0.15) is 0 Å². The Bertz CT molecular complexity index is 215. The zero-order valence-electron chi connectivity index (χ0n) is 9.03. The van der Waals surface area contributed by atoms with Gasteiger partial charge < -0.3 is 4.74 Å². The highest BCUT2D eigenvalue weighted by molar-refractivity contribution is 8.00. The maximum atomic E-state index is 11.1. The van der Waals surface area contributed by atoms with E-state index in [0.717, 1.165) is 0 Å². The van der Waals surface area contributed by atoms with Crippen LogP contribution in [0.5, 0.6) is 0 Å². The molecule has 14 heavy (non-hydrogen) atoms. The third-order valence-electron chi connectivity index (χ3n) is 2.56. The fourth-order valence-corrected chi connectivity index (χ4v) is 3.13. The van der Waals surface area contributed by atoms with Crippen molar-refractivity contribution >= 4 is 17.7 Å². The van der Waals surface area contributed by atoms with Crippen LogP contribution in [-0.4, -0.2) is 23.6 Å². The van der Waals surface area contributed by atoms with Crippen LogP contribution < -0.4 is 0 Å². The summed E-state index contributed by atoms with van der Waals surface area (Å²) in [7, 11) is 0. The summed E-state index contributed by atoms with van der Waals surface area (Å²) in [6.45, 7) is 6.72. The lowest BCUT2D eigenvalue weighted by Gasteiger charge is -2.13. The van der Waals surface area contributed by atoms with Crippen LogP contribution in [-0.2, 0) is 9.53 Å². The van der Waals surface area contributed by atoms with Gasteiger partial charge in [0.25, 0.3) is 0 Å². The molecule has 80 valence electrons. The van der Waals surface area contributed by atoms with E-state index >= 15 is 0 Å². The summed E-state index contributed by atoms with van der Waals surface area (Å²) in [6, 6.07) is 0. The Morgan fingerprint density at radius 1 is 1.57 bits per heavy atom. The van der Waals surface area contributed by atoms with E-state index < -0.39 is 0 Å². The lowest BCUT2D eigenvalue weighted by atomic mass is 9.93. The molecule has 3 heteroatoms. The first kappa shape index (κ1) is 11.6. The van der Waals surface area contributed by atoms with E-state index in [2.05, 4.69) is 13.8 Å². The van der Waals surface area contributed by atoms with Crippen LogP contribution in [0.2, 0.25) is 0 Å². The summed E-state index contributed by atoms with van der Waals surface area (Å²) in [5, 5.41) is 0.621. The molecule has 1 fully saturated rings. The van der Waals surface area contributed by atoms with E-state index in [9.17, 15) is 4.79 Å². The fourth-order valence-electron chi connectivity index (χ4n) is 1.71. The molecule has 0 N–H and O–H groups in total. The quantitative estimate of drug-likeness (QED) is 0.533. The number of esters is 1. The van der Waals surface area contributed by atoms with Gasteiger partial charge in [0, 0.05) is 11.3 Å². The summed E-state index contributed by atoms with van der Waals surface area (Å²) < 4.78 is 4.84. The molecule has 0 amide bonds. The summed E-state index contributed by atoms with van der Waals surface area (Å²) in [6.07, 6.45) is 3.58. The second-order valence-corrected chi connectivity index (χ2v) is 5.11. The van der Waals surface area contributed by atoms with Gasteiger partial charge in [-0.2, -0.15) is 11.8 Å². The Morgan fingerprint density at radius 2 is 2.29 bits per heavy atom. The second-order valence-electron chi connectivity index (χ2n) is 3.70. The van der Waals surface area contributed by atoms with Crippen molar-refractivity contribution in [1.29, 1.82) is 0 Å². The third kappa shape index (κ3) is 3.05. The van der Waals surface area contributed by atoms with Crippen LogP contribution in [0, 0.1) is 11.8 Å². The second kappa shape index (κ2) is 5.44. The van der Waals surface area contributed by atoms with Crippen LogP contribution in [0.4, 0.5) is 0 Å². The van der Waals surface area contributed by atoms with E-state index in [-0.39, 0.29) is 5.97 Å². The van der Waals surface area contributed by atoms with Gasteiger partial charge in [0.15, 0.2) is 0 Å². The highest BCUT2D eigenvalue weighted by Crippen LogP contribution is 2.37. The van der Waals surface area contributed by atoms with Crippen LogP contribution >= 0.6 is 11.8 Å². The molecular formula is C11H18O2S. The molecule has 1 heterocycles. The molecular weight excluding hydrogens is 196 g/mol. The SMILES string of the molecule is CCOC(=O)/C=C/C1C(C)CSC1C. The van der Waals surface area contributed by atoms with E-state index in [1.54, 1.807) is 6.08 Å². The van der Waals surface area contributed by atoms with Crippen molar-refractivity contribution in [3.05, 3.63) is 12.2 Å². The zero-order chi connectivity index (χ0) is 10.6. The maximum absolute atomic E-state index is 11.1. The minimum atomic E-state index is -0.219. The smallest absolute Gasteiger partial charge is 0.330 e. The van der Waals surface area contributed by atoms with Crippen molar-refractivity contribution < 1.29 is 9.53 Å². The van der Waals surface area contributed by atoms with Crippen molar-refractivity contribution in [2.75, 3.05) is 12.4 Å². The van der Waals surface area contributed by atoms with Gasteiger partial charge in [-0.15, -0.1) is 0 Å². The predicted octanol–water partition coefficient (Wildman–Crippen LogP) is 2.49. The number of allylic oxidation sites excluding steroid dienone is 1. The summed E-state index contributed by atoms with van der Waals surface area (Å²) in [5.41, 5.74) is 0. The number of hydrogen-bond donors (Lipinski definition) is 0. The summed E-state index contributed by atoms with van der Waals surface area (Å²) >= 11 is 1.98. The standard InChI is InChI=1S/C11H18O2S/c1-4-13-11(12)6-5-10-8(2)7-14-9(10)3/h5-6,8-10H,4,7H2,1-3H3/b6-5+. The van der Waals surface area contributed by atoms with E-state index in [1.807, 2.05) is 24.8 Å². The largest absolute Gasteiger partial charge is 0.463 e. The van der Waals surface area contributed by atoms with Crippen molar-refractivity contribution in [3.8, 4) is 0 Å². The van der Waals surface area contributed by atoms with E-state index in [0.29, 0.717) is 23.7 Å². The highest BCUT2D eigenvalue weighted by Gasteiger charge is 2.28. The minimum absolute atomic E-state index is 0.219. The molecule has 1 saturated heterocycles. The van der Waals surface area contributed by atoms with E-state index in [4.69, 9.17) is 4.74 Å². The molecule has 0 aliphatic carbocycles. The van der Waals surface area contributed by atoms with Gasteiger partial charge in [-0.05, 0) is 24.5 Å². The van der Waals surface area contributed by atoms with Crippen LogP contribution in [0.1, 0.15) is 20.8 Å². The van der Waals surface area contributed by atoms with Gasteiger partial charge in [0.05, 0.1) is 6.61 Å². The topological polar surface area (TPSA) is 26.3 Å². The van der Waals surface area contributed by atoms with Crippen molar-refractivity contribution in [1.82, 2.24) is 0 Å². The lowest BCUT2D eigenvalue weighted by Crippen LogP contribution is -2.12. The Hall–Kier alpha value is -0.440. The first-order chi connectivity index (χ1) is 6.65. The zero-order valence-corrected chi connectivity index (χ0v) is 9.84. The van der Waals surface area contributed by atoms with E-state index in [1.165, 1.54) is 5.75 Å². The average Bonchev–Trinajstić information content (AvgIpc) is 2.44. The predicted molar refractivity (Wildman–Crippen MR) is 60.3 cm³/mol. The number of carbonyl (C=O) groups is 1. The van der Waals surface area contributed by atoms with Crippen molar-refractivity contribution in [2.24, 2.45) is 11.8 Å². The van der Waals surface area contributed by atoms with Gasteiger partial charge in [-0.1, -0.05) is 19.9 Å². The Kier molecular flexibility index (Phi) is 4.52. The molecule has 1 aliphatic heterocycles. The molecule has 0 radical (unpaired) electrons. The van der Waals surface area contributed by atoms with Crippen LogP contribution in [0.3, 0.4) is 0 Å². The third-order valence-corrected chi connectivity index (χ3v) is 4.12. The Labute approximate surface area is 90.1 Å². The molecule has 0 aromatic carbocycles. The monoisotopic (exact) mass is 214 g/mol. The fraction of sp³-hybridized carbons (Fsp3) is 0.727. The van der Waals surface area contributed by atoms with Gasteiger partial charge in [0.2, 0.25) is 0 Å². The number of thioether (sulfide) groups is 1. The summed E-state index contributed by atoms with van der Waals surface area (Å²) in [4.78, 5) is 11.1. The molecule has 0 saturated carbocycles. The number of ether oxygens (including phenoxy) is 1. The number of hydrogen-bond acceptors (Lipinski definition) is 3. The molecule has 1 rings (SSSR count). The number of carbonyl (C=O) groups excluding carboxylic acids is 1. The highest BCUT2D eigenvalue weighted by atomic mass is 32.2. The van der Waals surface area contributed by atoms with Gasteiger partial charge >= 0.3 is 5.97 Å². The van der Waals surface area contributed by atoms with Crippen LogP contribution in [0.25, 0.3) is 0 Å². The molecule has 0 aromatic rings. The normalized spacial score (nSPS) is 32.4. The molecule has 3 atom stereocenters. The van der Waals surface area contributed by atoms with Gasteiger partial charge in [-0.3, -0.25) is 0 Å². The van der Waals surface area contributed by atoms with Crippen LogP contribution in [0.15, 0.2) is 12.2 Å². The molecule has 0 spiro atoms. The molecule has 2 nitrogen and oxygen atoms in total. The molecule has 0 aromatic heterocycles. The lowest BCUT2D eigenvalue weighted by molar-refractivity contribution is -0.137. The Morgan fingerprint density at radius 3 is 2.79 bits per heavy atom. The number of rotatable bonds is 3. The van der Waals surface area contributed by atoms with Crippen molar-refractivity contribution in [3.63, 3.8) is 0 Å². The first-order valence-corrected chi connectivity index (χ1v) is 6.16. The molecule has 0 bridgehead atoms. The summed E-state index contributed by atoms with van der Waals surface area (Å²) in [5.74, 6) is 2.16. The maximum Gasteiger partial charge on any atom is 0.330 e. The van der Waals surface area contributed by atoms with Crippen molar-refractivity contribution in [2.45, 2.75) is 26.0 Å². The minimum Gasteiger partial charge on any atom is -0.463 e. The Balaban J connectivity index is 2.46.